The zero-order valence-corrected chi connectivity index (χ0v) is 11.7. The fourth-order valence-corrected chi connectivity index (χ4v) is 0.985. The van der Waals surface area contributed by atoms with Gasteiger partial charge in [0.05, 0.1) is 6.61 Å². The molecule has 0 amide bonds. The first-order valence-corrected chi connectivity index (χ1v) is 6.16. The van der Waals surface area contributed by atoms with Gasteiger partial charge in [0.15, 0.2) is 0 Å². The fraction of sp³-hybridized carbons (Fsp3) is 0.467. The number of hydrogen-bond acceptors (Lipinski definition) is 3. The van der Waals surface area contributed by atoms with Crippen molar-refractivity contribution >= 4 is 0 Å². The minimum atomic E-state index is -0.735. The maximum atomic E-state index is 9.08. The third kappa shape index (κ3) is 12.9. The van der Waals surface area contributed by atoms with Crippen LogP contribution in [0.2, 0.25) is 0 Å². The summed E-state index contributed by atoms with van der Waals surface area (Å²) in [5, 5.41) is 17.6. The Hall–Kier alpha value is -1.16. The van der Waals surface area contributed by atoms with Crippen molar-refractivity contribution in [3.05, 3.63) is 48.6 Å². The molecular formula is C15H26O3. The van der Waals surface area contributed by atoms with Gasteiger partial charge in [-0.25, -0.2) is 0 Å². The maximum Gasteiger partial charge on any atom is 0.102 e. The van der Waals surface area contributed by atoms with Gasteiger partial charge in [-0.1, -0.05) is 36.4 Å². The average molecular weight is 254 g/mol. The number of hydrogen-bond donors (Lipinski definition) is 2. The van der Waals surface area contributed by atoms with Crippen LogP contribution in [0.1, 0.15) is 32.4 Å². The van der Waals surface area contributed by atoms with Crippen LogP contribution in [0.5, 0.6) is 0 Å². The Morgan fingerprint density at radius 3 is 1.94 bits per heavy atom. The quantitative estimate of drug-likeness (QED) is 0.812. The van der Waals surface area contributed by atoms with E-state index in [4.69, 9.17) is 14.9 Å². The highest BCUT2D eigenvalue weighted by Crippen LogP contribution is 2.09. The summed E-state index contributed by atoms with van der Waals surface area (Å²) in [6.07, 6.45) is 1.01. The Labute approximate surface area is 111 Å². The molecule has 2 N–H and O–H groups in total. The molecule has 0 aromatic heterocycles. The summed E-state index contributed by atoms with van der Waals surface area (Å²) >= 11 is 0. The zero-order valence-electron chi connectivity index (χ0n) is 11.7. The van der Waals surface area contributed by atoms with Gasteiger partial charge in [-0.15, -0.1) is 6.58 Å². The lowest BCUT2D eigenvalue weighted by Crippen LogP contribution is -2.01. The third-order valence-corrected chi connectivity index (χ3v) is 1.77. The molecule has 1 rings (SSSR count). The van der Waals surface area contributed by atoms with E-state index in [1.165, 1.54) is 0 Å². The Kier molecular flexibility index (Phi) is 16.9. The Morgan fingerprint density at radius 2 is 1.67 bits per heavy atom. The van der Waals surface area contributed by atoms with Gasteiger partial charge in [-0.05, 0) is 26.3 Å². The first kappa shape index (κ1) is 19.2. The molecule has 0 saturated carbocycles. The van der Waals surface area contributed by atoms with Crippen LogP contribution in [0.4, 0.5) is 0 Å². The van der Waals surface area contributed by atoms with Gasteiger partial charge in [0.2, 0.25) is 0 Å². The molecule has 1 atom stereocenters. The molecule has 0 spiro atoms. The Balaban J connectivity index is 0. The number of rotatable bonds is 4. The first-order valence-electron chi connectivity index (χ1n) is 6.16. The van der Waals surface area contributed by atoms with Crippen molar-refractivity contribution in [1.29, 1.82) is 0 Å². The molecular weight excluding hydrogens is 228 g/mol. The Morgan fingerprint density at radius 1 is 1.22 bits per heavy atom. The van der Waals surface area contributed by atoms with Crippen LogP contribution in [0, 0.1) is 0 Å². The highest BCUT2D eigenvalue weighted by atomic mass is 16.5. The van der Waals surface area contributed by atoms with E-state index in [1.54, 1.807) is 18.2 Å². The number of aliphatic hydroxyl groups excluding tert-OH is 2. The summed E-state index contributed by atoms with van der Waals surface area (Å²) < 4.78 is 4.83. The summed E-state index contributed by atoms with van der Waals surface area (Å²) in [6.45, 7) is 10.7. The van der Waals surface area contributed by atoms with Crippen LogP contribution in [0.3, 0.4) is 0 Å². The predicted octanol–water partition coefficient (Wildman–Crippen LogP) is 2.95. The van der Waals surface area contributed by atoms with Crippen molar-refractivity contribution in [2.75, 3.05) is 19.8 Å². The monoisotopic (exact) mass is 254 g/mol. The van der Waals surface area contributed by atoms with Gasteiger partial charge in [-0.3, -0.25) is 0 Å². The molecule has 0 radical (unpaired) electrons. The van der Waals surface area contributed by atoms with E-state index >= 15 is 0 Å². The second kappa shape index (κ2) is 15.8. The van der Waals surface area contributed by atoms with Crippen molar-refractivity contribution in [2.45, 2.75) is 26.9 Å². The van der Waals surface area contributed by atoms with Crippen LogP contribution in [0.15, 0.2) is 43.0 Å². The molecule has 1 unspecified atom stereocenters. The van der Waals surface area contributed by atoms with E-state index < -0.39 is 6.10 Å². The summed E-state index contributed by atoms with van der Waals surface area (Å²) in [5.41, 5.74) is 0.755. The predicted molar refractivity (Wildman–Crippen MR) is 76.5 cm³/mol. The standard InChI is InChI=1S/C8H10O2.C4H10O.C3H6/c9-6-8(10)7-4-2-1-3-5-7;1-3-5-4-2;1-3-2/h1-5,8-10H,6H2;3-4H2,1-2H3;3H,1H2,2H3. The first-order chi connectivity index (χ1) is 8.67. The molecule has 0 aliphatic rings. The van der Waals surface area contributed by atoms with E-state index in [0.29, 0.717) is 0 Å². The second-order valence-corrected chi connectivity index (χ2v) is 3.30. The second-order valence-electron chi connectivity index (χ2n) is 3.30. The normalized spacial score (nSPS) is 10.3. The van der Waals surface area contributed by atoms with Gasteiger partial charge in [-0.2, -0.15) is 0 Å². The van der Waals surface area contributed by atoms with Crippen molar-refractivity contribution in [2.24, 2.45) is 0 Å². The minimum absolute atomic E-state index is 0.218. The molecule has 1 aromatic rings. The van der Waals surface area contributed by atoms with Crippen molar-refractivity contribution in [3.63, 3.8) is 0 Å². The van der Waals surface area contributed by atoms with Gasteiger partial charge in [0.1, 0.15) is 6.10 Å². The zero-order chi connectivity index (χ0) is 14.2. The molecule has 18 heavy (non-hydrogen) atoms. The van der Waals surface area contributed by atoms with Gasteiger partial charge >= 0.3 is 0 Å². The molecule has 0 bridgehead atoms. The lowest BCUT2D eigenvalue weighted by atomic mass is 10.1. The van der Waals surface area contributed by atoms with E-state index in [9.17, 15) is 0 Å². The fourth-order valence-electron chi connectivity index (χ4n) is 0.985. The SMILES string of the molecule is C=CC.CCOCC.OCC(O)c1ccccc1. The van der Waals surface area contributed by atoms with Crippen LogP contribution >= 0.6 is 0 Å². The van der Waals surface area contributed by atoms with E-state index in [0.717, 1.165) is 18.8 Å². The summed E-state index contributed by atoms with van der Waals surface area (Å²) in [7, 11) is 0. The summed E-state index contributed by atoms with van der Waals surface area (Å²) in [4.78, 5) is 0. The number of allylic oxidation sites excluding steroid dienone is 1. The van der Waals surface area contributed by atoms with Crippen molar-refractivity contribution in [1.82, 2.24) is 0 Å². The topological polar surface area (TPSA) is 49.7 Å². The third-order valence-electron chi connectivity index (χ3n) is 1.77. The summed E-state index contributed by atoms with van der Waals surface area (Å²) in [5.74, 6) is 0. The average Bonchev–Trinajstić information content (AvgIpc) is 2.41. The maximum absolute atomic E-state index is 9.08. The lowest BCUT2D eigenvalue weighted by Gasteiger charge is -2.05. The van der Waals surface area contributed by atoms with Crippen molar-refractivity contribution < 1.29 is 14.9 Å². The van der Waals surface area contributed by atoms with Crippen LogP contribution in [-0.2, 0) is 4.74 Å². The van der Waals surface area contributed by atoms with E-state index in [-0.39, 0.29) is 6.61 Å². The van der Waals surface area contributed by atoms with Gasteiger partial charge in [0.25, 0.3) is 0 Å². The van der Waals surface area contributed by atoms with Crippen LogP contribution < -0.4 is 0 Å². The smallest absolute Gasteiger partial charge is 0.102 e. The van der Waals surface area contributed by atoms with Crippen molar-refractivity contribution in [3.8, 4) is 0 Å². The van der Waals surface area contributed by atoms with E-state index in [1.807, 2.05) is 39.0 Å². The largest absolute Gasteiger partial charge is 0.393 e. The van der Waals surface area contributed by atoms with Gasteiger partial charge in [0, 0.05) is 13.2 Å². The summed E-state index contributed by atoms with van der Waals surface area (Å²) in [6, 6.07) is 9.08. The number of aliphatic hydroxyl groups is 2. The molecule has 104 valence electrons. The van der Waals surface area contributed by atoms with Crippen LogP contribution in [-0.4, -0.2) is 30.0 Å². The van der Waals surface area contributed by atoms with Gasteiger partial charge < -0.3 is 14.9 Å². The number of ether oxygens (including phenoxy) is 1. The number of benzene rings is 1. The van der Waals surface area contributed by atoms with Crippen LogP contribution in [0.25, 0.3) is 0 Å². The lowest BCUT2D eigenvalue weighted by molar-refractivity contribution is 0.0956. The molecule has 0 saturated heterocycles. The molecule has 0 heterocycles. The highest BCUT2D eigenvalue weighted by molar-refractivity contribution is 5.16. The highest BCUT2D eigenvalue weighted by Gasteiger charge is 2.02. The minimum Gasteiger partial charge on any atom is -0.393 e. The Bertz CT molecular complexity index is 258. The molecule has 3 heteroatoms. The molecule has 3 nitrogen and oxygen atoms in total. The molecule has 0 fully saturated rings. The molecule has 0 aliphatic carbocycles. The molecule has 0 aliphatic heterocycles. The van der Waals surface area contributed by atoms with E-state index in [2.05, 4.69) is 6.58 Å². The molecule has 1 aromatic carbocycles.